The molecule has 0 aromatic carbocycles. The van der Waals surface area contributed by atoms with Gasteiger partial charge in [0.25, 0.3) is 5.91 Å². The maximum Gasteiger partial charge on any atom is 0.272 e. The molecule has 0 aliphatic heterocycles. The Balaban J connectivity index is 2.15. The van der Waals surface area contributed by atoms with Crippen molar-refractivity contribution in [3.63, 3.8) is 0 Å². The highest BCUT2D eigenvalue weighted by molar-refractivity contribution is 7.80. The van der Waals surface area contributed by atoms with E-state index in [1.165, 1.54) is 19.3 Å². The van der Waals surface area contributed by atoms with Crippen molar-refractivity contribution in [1.29, 1.82) is 0 Å². The molecule has 0 spiro atoms. The number of carbonyl (C=O) groups excluding carboxylic acids is 1. The Morgan fingerprint density at radius 1 is 1.35 bits per heavy atom. The molecule has 20 heavy (non-hydrogen) atoms. The zero-order valence-electron chi connectivity index (χ0n) is 11.9. The number of carbonyl (C=O) groups is 1. The summed E-state index contributed by atoms with van der Waals surface area (Å²) in [4.78, 5) is 16.8. The number of nitrogens with two attached hydrogens (primary N) is 1. The van der Waals surface area contributed by atoms with Gasteiger partial charge in [-0.15, -0.1) is 0 Å². The average Bonchev–Trinajstić information content (AvgIpc) is 2.79. The highest BCUT2D eigenvalue weighted by Gasteiger charge is 2.35. The molecular formula is C14H22N4OS. The summed E-state index contributed by atoms with van der Waals surface area (Å²) in [7, 11) is 1.84. The third-order valence-electron chi connectivity index (χ3n) is 3.97. The smallest absolute Gasteiger partial charge is 0.272 e. The molecule has 3 N–H and O–H groups in total. The molecule has 1 amide bonds. The number of nitrogens with zero attached hydrogens (tertiary/aromatic N) is 2. The minimum Gasteiger partial charge on any atom is -0.391 e. The van der Waals surface area contributed by atoms with Crippen molar-refractivity contribution in [2.24, 2.45) is 12.8 Å². The summed E-state index contributed by atoms with van der Waals surface area (Å²) in [5.74, 6) is -0.195. The summed E-state index contributed by atoms with van der Waals surface area (Å²) in [6, 6.07) is 0. The van der Waals surface area contributed by atoms with Gasteiger partial charge in [-0.3, -0.25) is 4.79 Å². The van der Waals surface area contributed by atoms with Crippen LogP contribution >= 0.6 is 12.2 Å². The molecular weight excluding hydrogens is 272 g/mol. The Morgan fingerprint density at radius 3 is 2.45 bits per heavy atom. The average molecular weight is 294 g/mol. The number of aromatic nitrogens is 2. The van der Waals surface area contributed by atoms with Gasteiger partial charge in [0, 0.05) is 13.2 Å². The van der Waals surface area contributed by atoms with E-state index in [2.05, 4.69) is 10.3 Å². The first kappa shape index (κ1) is 15.0. The van der Waals surface area contributed by atoms with E-state index in [0.29, 0.717) is 10.7 Å². The van der Waals surface area contributed by atoms with Crippen LogP contribution < -0.4 is 11.1 Å². The fourth-order valence-corrected chi connectivity index (χ4v) is 3.01. The Kier molecular flexibility index (Phi) is 4.75. The molecule has 6 heteroatoms. The van der Waals surface area contributed by atoms with Crippen molar-refractivity contribution >= 4 is 23.1 Å². The van der Waals surface area contributed by atoms with Crippen molar-refractivity contribution in [2.45, 2.75) is 50.5 Å². The Morgan fingerprint density at radius 2 is 1.95 bits per heavy atom. The van der Waals surface area contributed by atoms with Gasteiger partial charge < -0.3 is 15.6 Å². The SMILES string of the molecule is Cn1cnc(C(=O)NC2(C(N)=S)CCCCCCC2)c1. The van der Waals surface area contributed by atoms with Gasteiger partial charge in [0.05, 0.1) is 16.9 Å². The largest absolute Gasteiger partial charge is 0.391 e. The highest BCUT2D eigenvalue weighted by Crippen LogP contribution is 2.27. The number of hydrogen-bond donors (Lipinski definition) is 2. The monoisotopic (exact) mass is 294 g/mol. The molecule has 0 atom stereocenters. The summed E-state index contributed by atoms with van der Waals surface area (Å²) >= 11 is 5.24. The van der Waals surface area contributed by atoms with Crippen LogP contribution in [0.25, 0.3) is 0 Å². The first-order valence-electron chi connectivity index (χ1n) is 7.14. The van der Waals surface area contributed by atoms with Crippen molar-refractivity contribution in [2.75, 3.05) is 0 Å². The van der Waals surface area contributed by atoms with Gasteiger partial charge in [-0.2, -0.15) is 0 Å². The molecule has 2 rings (SSSR count). The van der Waals surface area contributed by atoms with Gasteiger partial charge in [0.15, 0.2) is 0 Å². The maximum atomic E-state index is 12.3. The predicted molar refractivity (Wildman–Crippen MR) is 82.5 cm³/mol. The lowest BCUT2D eigenvalue weighted by Crippen LogP contribution is -2.57. The molecule has 5 nitrogen and oxygen atoms in total. The zero-order valence-corrected chi connectivity index (χ0v) is 12.7. The second-order valence-electron chi connectivity index (χ2n) is 5.59. The lowest BCUT2D eigenvalue weighted by Gasteiger charge is -2.35. The molecule has 1 aliphatic rings. The van der Waals surface area contributed by atoms with Crippen molar-refractivity contribution < 1.29 is 4.79 Å². The second kappa shape index (κ2) is 6.35. The van der Waals surface area contributed by atoms with Gasteiger partial charge in [-0.1, -0.05) is 44.3 Å². The molecule has 1 aromatic rings. The van der Waals surface area contributed by atoms with E-state index in [0.717, 1.165) is 25.7 Å². The molecule has 1 fully saturated rings. The summed E-state index contributed by atoms with van der Waals surface area (Å²) in [6.07, 6.45) is 10.6. The van der Waals surface area contributed by atoms with E-state index >= 15 is 0 Å². The number of thiocarbonyl (C=S) groups is 1. The van der Waals surface area contributed by atoms with Gasteiger partial charge in [0.2, 0.25) is 0 Å². The first-order chi connectivity index (χ1) is 9.53. The van der Waals surface area contributed by atoms with Gasteiger partial charge in [0.1, 0.15) is 5.69 Å². The molecule has 0 saturated heterocycles. The van der Waals surface area contributed by atoms with Crippen LogP contribution in [-0.2, 0) is 7.05 Å². The molecule has 0 unspecified atom stereocenters. The minimum atomic E-state index is -0.551. The van der Waals surface area contributed by atoms with Crippen LogP contribution in [0.15, 0.2) is 12.5 Å². The molecule has 1 saturated carbocycles. The Bertz CT molecular complexity index is 489. The van der Waals surface area contributed by atoms with Gasteiger partial charge in [-0.25, -0.2) is 4.98 Å². The van der Waals surface area contributed by atoms with Crippen LogP contribution in [0.5, 0.6) is 0 Å². The van der Waals surface area contributed by atoms with Crippen LogP contribution in [0.3, 0.4) is 0 Å². The van der Waals surface area contributed by atoms with Gasteiger partial charge >= 0.3 is 0 Å². The van der Waals surface area contributed by atoms with E-state index in [4.69, 9.17) is 18.0 Å². The van der Waals surface area contributed by atoms with E-state index in [1.807, 2.05) is 7.05 Å². The molecule has 0 bridgehead atoms. The number of rotatable bonds is 3. The van der Waals surface area contributed by atoms with Crippen LogP contribution in [0.4, 0.5) is 0 Å². The molecule has 1 heterocycles. The predicted octanol–water partition coefficient (Wildman–Crippen LogP) is 1.92. The summed E-state index contributed by atoms with van der Waals surface area (Å²) in [5, 5.41) is 3.05. The normalized spacial score (nSPS) is 18.9. The quantitative estimate of drug-likeness (QED) is 0.835. The summed E-state index contributed by atoms with van der Waals surface area (Å²) in [5.41, 5.74) is 5.80. The number of imidazole rings is 1. The number of amides is 1. The second-order valence-corrected chi connectivity index (χ2v) is 6.03. The summed E-state index contributed by atoms with van der Waals surface area (Å²) in [6.45, 7) is 0. The lowest BCUT2D eigenvalue weighted by atomic mass is 9.83. The minimum absolute atomic E-state index is 0.195. The summed E-state index contributed by atoms with van der Waals surface area (Å²) < 4.78 is 1.75. The van der Waals surface area contributed by atoms with E-state index in [1.54, 1.807) is 17.1 Å². The third-order valence-corrected chi connectivity index (χ3v) is 4.36. The maximum absolute atomic E-state index is 12.3. The third kappa shape index (κ3) is 3.36. The molecule has 1 aliphatic carbocycles. The van der Waals surface area contributed by atoms with Crippen LogP contribution in [0.1, 0.15) is 55.4 Å². The number of aryl methyl sites for hydroxylation is 1. The van der Waals surface area contributed by atoms with Crippen LogP contribution in [-0.4, -0.2) is 26.0 Å². The van der Waals surface area contributed by atoms with Crippen LogP contribution in [0.2, 0.25) is 0 Å². The Hall–Kier alpha value is -1.43. The first-order valence-corrected chi connectivity index (χ1v) is 7.55. The van der Waals surface area contributed by atoms with E-state index in [9.17, 15) is 4.79 Å². The van der Waals surface area contributed by atoms with E-state index < -0.39 is 5.54 Å². The molecule has 110 valence electrons. The lowest BCUT2D eigenvalue weighted by molar-refractivity contribution is 0.0908. The molecule has 1 aromatic heterocycles. The standard InChI is InChI=1S/C14H22N4OS/c1-18-9-11(16-10-18)12(19)17-14(13(15)20)7-5-3-2-4-6-8-14/h9-10H,2-8H2,1H3,(H2,15,20)(H,17,19). The fourth-order valence-electron chi connectivity index (χ4n) is 2.75. The zero-order chi connectivity index (χ0) is 14.6. The van der Waals surface area contributed by atoms with Crippen LogP contribution in [0, 0.1) is 0 Å². The highest BCUT2D eigenvalue weighted by atomic mass is 32.1. The number of nitrogens with one attached hydrogen (secondary N) is 1. The fraction of sp³-hybridized carbons (Fsp3) is 0.643. The van der Waals surface area contributed by atoms with E-state index in [-0.39, 0.29) is 5.91 Å². The van der Waals surface area contributed by atoms with Crippen molar-refractivity contribution in [3.8, 4) is 0 Å². The molecule has 0 radical (unpaired) electrons. The van der Waals surface area contributed by atoms with Crippen molar-refractivity contribution in [1.82, 2.24) is 14.9 Å². The van der Waals surface area contributed by atoms with Gasteiger partial charge in [-0.05, 0) is 12.8 Å². The topological polar surface area (TPSA) is 72.9 Å². The number of hydrogen-bond acceptors (Lipinski definition) is 3. The Labute approximate surface area is 124 Å². The van der Waals surface area contributed by atoms with Crippen molar-refractivity contribution in [3.05, 3.63) is 18.2 Å².